The molecule has 0 unspecified atom stereocenters. The fourth-order valence-corrected chi connectivity index (χ4v) is 4.67. The van der Waals surface area contributed by atoms with Gasteiger partial charge in [0.2, 0.25) is 0 Å². The van der Waals surface area contributed by atoms with Gasteiger partial charge in [0.05, 0.1) is 11.7 Å². The first-order valence-electron chi connectivity index (χ1n) is 10.0. The van der Waals surface area contributed by atoms with E-state index in [4.69, 9.17) is 16.3 Å². The lowest BCUT2D eigenvalue weighted by atomic mass is 9.99. The second kappa shape index (κ2) is 6.91. The van der Waals surface area contributed by atoms with E-state index >= 15 is 0 Å². The van der Waals surface area contributed by atoms with Crippen LogP contribution in [0.3, 0.4) is 0 Å². The molecule has 1 N–H and O–H groups in total. The highest BCUT2D eigenvalue weighted by Crippen LogP contribution is 2.47. The van der Waals surface area contributed by atoms with Gasteiger partial charge in [-0.05, 0) is 29.0 Å². The zero-order chi connectivity index (χ0) is 20.1. The average molecular weight is 411 g/mol. The van der Waals surface area contributed by atoms with Crippen LogP contribution in [0.15, 0.2) is 97.1 Å². The van der Waals surface area contributed by atoms with Gasteiger partial charge in [0.25, 0.3) is 0 Å². The summed E-state index contributed by atoms with van der Waals surface area (Å²) in [5, 5.41) is 5.30. The molecule has 0 aromatic heterocycles. The van der Waals surface area contributed by atoms with Gasteiger partial charge in [-0.25, -0.2) is 0 Å². The first-order chi connectivity index (χ1) is 14.8. The van der Waals surface area contributed by atoms with Crippen molar-refractivity contribution in [3.8, 4) is 5.75 Å². The monoisotopic (exact) mass is 410 g/mol. The van der Waals surface area contributed by atoms with Crippen LogP contribution in [0.2, 0.25) is 5.02 Å². The number of nitrogens with one attached hydrogen (secondary N) is 1. The van der Waals surface area contributed by atoms with Gasteiger partial charge in [-0.1, -0.05) is 90.5 Å². The van der Waals surface area contributed by atoms with Crippen LogP contribution in [-0.4, -0.2) is 5.01 Å². The van der Waals surface area contributed by atoms with E-state index in [1.165, 1.54) is 16.3 Å². The molecule has 4 aromatic rings. The maximum absolute atomic E-state index is 6.56. The molecular formula is C26H19ClN2O. The van der Waals surface area contributed by atoms with Gasteiger partial charge in [-0.3, -0.25) is 0 Å². The molecule has 4 aromatic carbocycles. The molecule has 3 nitrogen and oxygen atoms in total. The SMILES string of the molecule is Clc1ccccc1[C@H]1Oc2ccccc2[C@@H]2C=C(c3cccc4ccccc34)NN12. The van der Waals surface area contributed by atoms with Crippen molar-refractivity contribution in [1.29, 1.82) is 0 Å². The van der Waals surface area contributed by atoms with Crippen LogP contribution in [0, 0.1) is 0 Å². The van der Waals surface area contributed by atoms with E-state index in [1.807, 2.05) is 36.4 Å². The Morgan fingerprint density at radius 3 is 2.40 bits per heavy atom. The molecule has 146 valence electrons. The second-order valence-corrected chi connectivity index (χ2v) is 8.01. The van der Waals surface area contributed by atoms with Crippen molar-refractivity contribution in [3.63, 3.8) is 0 Å². The van der Waals surface area contributed by atoms with E-state index < -0.39 is 0 Å². The number of hydrogen-bond acceptors (Lipinski definition) is 3. The average Bonchev–Trinajstić information content (AvgIpc) is 3.24. The summed E-state index contributed by atoms with van der Waals surface area (Å²) in [6.45, 7) is 0. The summed E-state index contributed by atoms with van der Waals surface area (Å²) >= 11 is 6.56. The van der Waals surface area contributed by atoms with Crippen LogP contribution in [0.1, 0.15) is 29.0 Å². The Kier molecular flexibility index (Phi) is 4.05. The zero-order valence-corrected chi connectivity index (χ0v) is 16.9. The molecule has 0 saturated heterocycles. The maximum atomic E-state index is 6.56. The maximum Gasteiger partial charge on any atom is 0.197 e. The van der Waals surface area contributed by atoms with Crippen molar-refractivity contribution in [3.05, 3.63) is 119 Å². The second-order valence-electron chi connectivity index (χ2n) is 7.60. The van der Waals surface area contributed by atoms with Gasteiger partial charge in [-0.15, -0.1) is 0 Å². The van der Waals surface area contributed by atoms with Crippen LogP contribution in [0.4, 0.5) is 0 Å². The summed E-state index contributed by atoms with van der Waals surface area (Å²) < 4.78 is 6.43. The lowest BCUT2D eigenvalue weighted by molar-refractivity contribution is -0.0325. The van der Waals surface area contributed by atoms with Crippen LogP contribution >= 0.6 is 11.6 Å². The lowest BCUT2D eigenvalue weighted by Gasteiger charge is -2.39. The lowest BCUT2D eigenvalue weighted by Crippen LogP contribution is -2.43. The number of para-hydroxylation sites is 1. The van der Waals surface area contributed by atoms with E-state index in [0.29, 0.717) is 5.02 Å². The molecular weight excluding hydrogens is 392 g/mol. The highest BCUT2D eigenvalue weighted by atomic mass is 35.5. The van der Waals surface area contributed by atoms with E-state index in [-0.39, 0.29) is 12.3 Å². The number of hydrazine groups is 1. The number of nitrogens with zero attached hydrogens (tertiary/aromatic N) is 1. The van der Waals surface area contributed by atoms with E-state index in [2.05, 4.69) is 71.1 Å². The van der Waals surface area contributed by atoms with Crippen molar-refractivity contribution < 1.29 is 4.74 Å². The molecule has 2 aliphatic heterocycles. The minimum atomic E-state index is -0.331. The van der Waals surface area contributed by atoms with Crippen LogP contribution in [-0.2, 0) is 0 Å². The number of rotatable bonds is 2. The van der Waals surface area contributed by atoms with Crippen molar-refractivity contribution in [2.45, 2.75) is 12.3 Å². The highest BCUT2D eigenvalue weighted by Gasteiger charge is 2.40. The Hall–Kier alpha value is -3.27. The third-order valence-corrected chi connectivity index (χ3v) is 6.20. The number of hydrogen-bond donors (Lipinski definition) is 1. The first-order valence-corrected chi connectivity index (χ1v) is 10.4. The first kappa shape index (κ1) is 17.6. The van der Waals surface area contributed by atoms with Crippen molar-refractivity contribution in [2.24, 2.45) is 0 Å². The number of ether oxygens (including phenoxy) is 1. The molecule has 0 radical (unpaired) electrons. The predicted octanol–water partition coefficient (Wildman–Crippen LogP) is 6.49. The van der Waals surface area contributed by atoms with Gasteiger partial charge in [0.1, 0.15) is 5.75 Å². The normalized spacial score (nSPS) is 20.1. The summed E-state index contributed by atoms with van der Waals surface area (Å²) in [6.07, 6.45) is 1.95. The molecule has 2 atom stereocenters. The summed E-state index contributed by atoms with van der Waals surface area (Å²) in [5.41, 5.74) is 7.97. The van der Waals surface area contributed by atoms with Gasteiger partial charge in [-0.2, -0.15) is 5.01 Å². The van der Waals surface area contributed by atoms with Gasteiger partial charge < -0.3 is 10.2 Å². The quantitative estimate of drug-likeness (QED) is 0.409. The number of fused-ring (bicyclic) bond motifs is 4. The standard InChI is InChI=1S/C26H19ClN2O/c27-22-14-5-3-11-20(22)26-29-24(21-12-4-6-15-25(21)30-26)16-23(28-29)19-13-7-9-17-8-1-2-10-18(17)19/h1-16,24,26,28H/t24-,26+/m0/s1. The summed E-state index contributed by atoms with van der Waals surface area (Å²) in [7, 11) is 0. The molecule has 0 bridgehead atoms. The van der Waals surface area contributed by atoms with Gasteiger partial charge in [0, 0.05) is 21.7 Å². The zero-order valence-electron chi connectivity index (χ0n) is 16.1. The topological polar surface area (TPSA) is 24.5 Å². The minimum absolute atomic E-state index is 0.0465. The van der Waals surface area contributed by atoms with E-state index in [0.717, 1.165) is 22.6 Å². The van der Waals surface area contributed by atoms with Crippen LogP contribution in [0.25, 0.3) is 16.5 Å². The molecule has 6 rings (SSSR count). The van der Waals surface area contributed by atoms with E-state index in [9.17, 15) is 0 Å². The molecule has 30 heavy (non-hydrogen) atoms. The Balaban J connectivity index is 1.50. The Morgan fingerprint density at radius 1 is 0.767 bits per heavy atom. The van der Waals surface area contributed by atoms with Crippen LogP contribution in [0.5, 0.6) is 5.75 Å². The molecule has 0 amide bonds. The molecule has 4 heteroatoms. The van der Waals surface area contributed by atoms with E-state index in [1.54, 1.807) is 0 Å². The third kappa shape index (κ3) is 2.71. The Morgan fingerprint density at radius 2 is 1.50 bits per heavy atom. The van der Waals surface area contributed by atoms with Crippen LogP contribution < -0.4 is 10.2 Å². The molecule has 2 aliphatic rings. The molecule has 2 heterocycles. The third-order valence-electron chi connectivity index (χ3n) is 5.85. The minimum Gasteiger partial charge on any atom is -0.469 e. The molecule has 0 saturated carbocycles. The van der Waals surface area contributed by atoms with Gasteiger partial charge >= 0.3 is 0 Å². The number of benzene rings is 4. The summed E-state index contributed by atoms with van der Waals surface area (Å²) in [6, 6.07) is 31.0. The summed E-state index contributed by atoms with van der Waals surface area (Å²) in [4.78, 5) is 0. The Bertz CT molecular complexity index is 1290. The fraction of sp³-hybridized carbons (Fsp3) is 0.0769. The number of halogens is 1. The van der Waals surface area contributed by atoms with Crippen molar-refractivity contribution in [2.75, 3.05) is 0 Å². The molecule has 0 fully saturated rings. The highest BCUT2D eigenvalue weighted by molar-refractivity contribution is 6.31. The Labute approximate surface area is 180 Å². The largest absolute Gasteiger partial charge is 0.469 e. The van der Waals surface area contributed by atoms with Gasteiger partial charge in [0.15, 0.2) is 6.23 Å². The fourth-order valence-electron chi connectivity index (χ4n) is 4.44. The molecule has 0 spiro atoms. The predicted molar refractivity (Wildman–Crippen MR) is 121 cm³/mol. The smallest absolute Gasteiger partial charge is 0.197 e. The molecule has 0 aliphatic carbocycles. The van der Waals surface area contributed by atoms with Crippen molar-refractivity contribution >= 4 is 28.1 Å². The van der Waals surface area contributed by atoms with Crippen molar-refractivity contribution in [1.82, 2.24) is 10.4 Å². The summed E-state index contributed by atoms with van der Waals surface area (Å²) in [5.74, 6) is 0.890.